The topological polar surface area (TPSA) is 40.5 Å². The van der Waals surface area contributed by atoms with Crippen molar-refractivity contribution in [1.29, 1.82) is 0 Å². The molecule has 0 aromatic heterocycles. The number of phenols is 1. The normalized spacial score (nSPS) is 18.5. The van der Waals surface area contributed by atoms with E-state index in [-0.39, 0.29) is 11.7 Å². The first kappa shape index (κ1) is 17.0. The quantitative estimate of drug-likeness (QED) is 0.889. The Morgan fingerprint density at radius 1 is 1.17 bits per heavy atom. The zero-order valence-electron chi connectivity index (χ0n) is 13.6. The van der Waals surface area contributed by atoms with Crippen LogP contribution < -0.4 is 0 Å². The van der Waals surface area contributed by atoms with Crippen molar-refractivity contribution in [1.82, 2.24) is 4.90 Å². The van der Waals surface area contributed by atoms with Gasteiger partial charge in [0.1, 0.15) is 11.5 Å². The molecule has 1 aliphatic heterocycles. The van der Waals surface area contributed by atoms with Gasteiger partial charge in [0, 0.05) is 25.4 Å². The van der Waals surface area contributed by atoms with Crippen molar-refractivity contribution in [3.05, 3.63) is 64.7 Å². The molecule has 126 valence electrons. The molecule has 4 heteroatoms. The molecule has 0 unspecified atom stereocenters. The highest BCUT2D eigenvalue weighted by Crippen LogP contribution is 2.26. The second kappa shape index (κ2) is 7.82. The Hall–Kier alpha value is -1.84. The Morgan fingerprint density at radius 3 is 2.71 bits per heavy atom. The first-order valence-electron chi connectivity index (χ1n) is 8.38. The molecular formula is C20H22ClNO2. The van der Waals surface area contributed by atoms with Gasteiger partial charge in [0.25, 0.3) is 0 Å². The Kier molecular flexibility index (Phi) is 5.54. The number of aromatic hydroxyl groups is 1. The molecule has 2 aromatic rings. The molecule has 1 atom stereocenters. The van der Waals surface area contributed by atoms with Gasteiger partial charge in [-0.1, -0.05) is 48.0 Å². The van der Waals surface area contributed by atoms with Gasteiger partial charge in [0.05, 0.1) is 5.02 Å². The third kappa shape index (κ3) is 4.37. The number of piperidine rings is 1. The van der Waals surface area contributed by atoms with Gasteiger partial charge in [-0.2, -0.15) is 0 Å². The van der Waals surface area contributed by atoms with Crippen molar-refractivity contribution < 1.29 is 9.90 Å². The summed E-state index contributed by atoms with van der Waals surface area (Å²) in [5.74, 6) is 0.538. The molecule has 1 fully saturated rings. The maximum absolute atomic E-state index is 12.6. The lowest BCUT2D eigenvalue weighted by atomic mass is 9.90. The Morgan fingerprint density at radius 2 is 1.96 bits per heavy atom. The minimum absolute atomic E-state index is 0.103. The predicted octanol–water partition coefficient (Wildman–Crippen LogP) is 4.07. The number of rotatable bonds is 5. The van der Waals surface area contributed by atoms with Crippen molar-refractivity contribution in [3.8, 4) is 5.75 Å². The first-order valence-corrected chi connectivity index (χ1v) is 8.76. The van der Waals surface area contributed by atoms with Crippen LogP contribution in [-0.4, -0.2) is 28.9 Å². The van der Waals surface area contributed by atoms with Gasteiger partial charge >= 0.3 is 0 Å². The van der Waals surface area contributed by atoms with Crippen LogP contribution in [0.5, 0.6) is 5.75 Å². The molecule has 24 heavy (non-hydrogen) atoms. The maximum atomic E-state index is 12.6. The van der Waals surface area contributed by atoms with E-state index in [9.17, 15) is 9.90 Å². The number of ketones is 1. The van der Waals surface area contributed by atoms with E-state index in [2.05, 4.69) is 4.90 Å². The Balaban J connectivity index is 1.59. The van der Waals surface area contributed by atoms with Crippen LogP contribution in [0.25, 0.3) is 0 Å². The van der Waals surface area contributed by atoms with Crippen LogP contribution >= 0.6 is 11.6 Å². The summed E-state index contributed by atoms with van der Waals surface area (Å²) >= 11 is 5.98. The van der Waals surface area contributed by atoms with Crippen molar-refractivity contribution in [2.45, 2.75) is 25.8 Å². The Bertz CT molecular complexity index is 702. The lowest BCUT2D eigenvalue weighted by Crippen LogP contribution is -2.38. The van der Waals surface area contributed by atoms with Gasteiger partial charge in [-0.05, 0) is 42.6 Å². The van der Waals surface area contributed by atoms with Gasteiger partial charge in [-0.3, -0.25) is 9.69 Å². The van der Waals surface area contributed by atoms with Gasteiger partial charge in [-0.25, -0.2) is 0 Å². The molecule has 0 saturated carbocycles. The van der Waals surface area contributed by atoms with Crippen LogP contribution in [0, 0.1) is 5.92 Å². The highest BCUT2D eigenvalue weighted by Gasteiger charge is 2.25. The zero-order valence-corrected chi connectivity index (χ0v) is 14.4. The van der Waals surface area contributed by atoms with Crippen LogP contribution in [0.1, 0.15) is 24.0 Å². The number of hydrogen-bond donors (Lipinski definition) is 1. The zero-order chi connectivity index (χ0) is 16.9. The fourth-order valence-corrected chi connectivity index (χ4v) is 3.51. The molecule has 2 aromatic carbocycles. The van der Waals surface area contributed by atoms with E-state index in [1.807, 2.05) is 36.4 Å². The highest BCUT2D eigenvalue weighted by molar-refractivity contribution is 6.32. The van der Waals surface area contributed by atoms with E-state index in [1.54, 1.807) is 12.1 Å². The fourth-order valence-electron chi connectivity index (χ4n) is 3.31. The summed E-state index contributed by atoms with van der Waals surface area (Å²) in [5.41, 5.74) is 2.15. The van der Waals surface area contributed by atoms with E-state index < -0.39 is 0 Å². The number of phenolic OH excluding ortho intramolecular Hbond substituents is 1. The molecule has 1 aliphatic rings. The second-order valence-electron chi connectivity index (χ2n) is 6.49. The first-order chi connectivity index (χ1) is 11.6. The standard InChI is InChI=1S/C20H22ClNO2/c21-18-11-16(8-9-19(18)23)13-22-10-4-7-17(14-22)20(24)12-15-5-2-1-3-6-15/h1-3,5-6,8-9,11,17,23H,4,7,10,12-14H2/t17-/m1/s1. The lowest BCUT2D eigenvalue weighted by Gasteiger charge is -2.32. The predicted molar refractivity (Wildman–Crippen MR) is 96.3 cm³/mol. The third-order valence-electron chi connectivity index (χ3n) is 4.60. The van der Waals surface area contributed by atoms with Crippen molar-refractivity contribution in [2.75, 3.05) is 13.1 Å². The smallest absolute Gasteiger partial charge is 0.141 e. The number of halogens is 1. The SMILES string of the molecule is O=C(Cc1ccccc1)[C@@H]1CCCN(Cc2ccc(O)c(Cl)c2)C1. The number of Topliss-reactive ketones (excluding diaryl/α,β-unsaturated/α-hetero) is 1. The molecule has 3 rings (SSSR count). The summed E-state index contributed by atoms with van der Waals surface area (Å²) in [5, 5.41) is 9.89. The maximum Gasteiger partial charge on any atom is 0.141 e. The summed E-state index contributed by atoms with van der Waals surface area (Å²) in [6, 6.07) is 15.3. The van der Waals surface area contributed by atoms with Crippen LogP contribution in [0.15, 0.2) is 48.5 Å². The number of carbonyl (C=O) groups excluding carboxylic acids is 1. The highest BCUT2D eigenvalue weighted by atomic mass is 35.5. The van der Waals surface area contributed by atoms with Crippen LogP contribution in [0.2, 0.25) is 5.02 Å². The van der Waals surface area contributed by atoms with E-state index in [0.717, 1.165) is 43.6 Å². The number of nitrogens with zero attached hydrogens (tertiary/aromatic N) is 1. The average Bonchev–Trinajstić information content (AvgIpc) is 2.59. The van der Waals surface area contributed by atoms with E-state index in [4.69, 9.17) is 11.6 Å². The summed E-state index contributed by atoms with van der Waals surface area (Å²) < 4.78 is 0. The molecule has 1 saturated heterocycles. The lowest BCUT2D eigenvalue weighted by molar-refractivity contribution is -0.123. The van der Waals surface area contributed by atoms with Crippen molar-refractivity contribution in [2.24, 2.45) is 5.92 Å². The Labute approximate surface area is 147 Å². The molecule has 1 N–H and O–H groups in total. The average molecular weight is 344 g/mol. The summed E-state index contributed by atoms with van der Waals surface area (Å²) in [7, 11) is 0. The number of benzene rings is 2. The van der Waals surface area contributed by atoms with E-state index in [0.29, 0.717) is 17.2 Å². The summed E-state index contributed by atoms with van der Waals surface area (Å²) in [6.45, 7) is 2.55. The van der Waals surface area contributed by atoms with Crippen molar-refractivity contribution in [3.63, 3.8) is 0 Å². The van der Waals surface area contributed by atoms with E-state index >= 15 is 0 Å². The number of likely N-dealkylation sites (tertiary alicyclic amines) is 1. The number of hydrogen-bond acceptors (Lipinski definition) is 3. The minimum atomic E-state index is 0.103. The van der Waals surface area contributed by atoms with Crippen molar-refractivity contribution >= 4 is 17.4 Å². The fraction of sp³-hybridized carbons (Fsp3) is 0.350. The minimum Gasteiger partial charge on any atom is -0.506 e. The molecule has 0 aliphatic carbocycles. The van der Waals surface area contributed by atoms with Gasteiger partial charge in [0.2, 0.25) is 0 Å². The molecule has 0 radical (unpaired) electrons. The van der Waals surface area contributed by atoms with Gasteiger partial charge in [0.15, 0.2) is 0 Å². The van der Waals surface area contributed by atoms with Crippen LogP contribution in [-0.2, 0) is 17.8 Å². The number of carbonyl (C=O) groups is 1. The molecule has 1 heterocycles. The van der Waals surface area contributed by atoms with Gasteiger partial charge < -0.3 is 5.11 Å². The summed E-state index contributed by atoms with van der Waals surface area (Å²) in [4.78, 5) is 14.9. The molecule has 0 amide bonds. The third-order valence-corrected chi connectivity index (χ3v) is 4.90. The van der Waals surface area contributed by atoms with Crippen LogP contribution in [0.4, 0.5) is 0 Å². The van der Waals surface area contributed by atoms with Gasteiger partial charge in [-0.15, -0.1) is 0 Å². The summed E-state index contributed by atoms with van der Waals surface area (Å²) in [6.07, 6.45) is 2.53. The van der Waals surface area contributed by atoms with Crippen LogP contribution in [0.3, 0.4) is 0 Å². The molecule has 3 nitrogen and oxygen atoms in total. The molecule has 0 bridgehead atoms. The monoisotopic (exact) mass is 343 g/mol. The molecule has 0 spiro atoms. The van der Waals surface area contributed by atoms with E-state index in [1.165, 1.54) is 0 Å². The second-order valence-corrected chi connectivity index (χ2v) is 6.90. The largest absolute Gasteiger partial charge is 0.506 e. The molecular weight excluding hydrogens is 322 g/mol.